The van der Waals surface area contributed by atoms with E-state index in [0.29, 0.717) is 26.1 Å². The molecule has 0 unspecified atom stereocenters. The summed E-state index contributed by atoms with van der Waals surface area (Å²) in [5, 5.41) is 3.18. The van der Waals surface area contributed by atoms with Crippen LogP contribution in [-0.2, 0) is 9.53 Å². The van der Waals surface area contributed by atoms with Crippen molar-refractivity contribution in [3.63, 3.8) is 0 Å². The number of nitrogens with zero attached hydrogens (tertiary/aromatic N) is 1. The molecule has 5 heteroatoms. The van der Waals surface area contributed by atoms with Crippen LogP contribution >= 0.6 is 0 Å². The van der Waals surface area contributed by atoms with Crippen LogP contribution in [0, 0.1) is 0 Å². The maximum absolute atomic E-state index is 12.4. The summed E-state index contributed by atoms with van der Waals surface area (Å²) >= 11 is 0. The molecule has 0 spiro atoms. The van der Waals surface area contributed by atoms with Gasteiger partial charge < -0.3 is 20.7 Å². The normalized spacial score (nSPS) is 27.7. The third-order valence-electron chi connectivity index (χ3n) is 4.34. The number of carbonyl (C=O) groups excluding carboxylic acids is 1. The molecular formula is C13H25N3O2. The zero-order chi connectivity index (χ0) is 13.2. The maximum Gasteiger partial charge on any atom is 0.240 e. The van der Waals surface area contributed by atoms with Gasteiger partial charge in [0.15, 0.2) is 0 Å². The molecule has 5 nitrogen and oxygen atoms in total. The first-order valence-corrected chi connectivity index (χ1v) is 6.81. The summed E-state index contributed by atoms with van der Waals surface area (Å²) in [7, 11) is 2.12. The number of carbonyl (C=O) groups is 1. The van der Waals surface area contributed by atoms with Gasteiger partial charge in [0, 0.05) is 31.8 Å². The molecule has 0 radical (unpaired) electrons. The Bertz CT molecular complexity index is 305. The number of piperidine rings is 1. The quantitative estimate of drug-likeness (QED) is 0.734. The van der Waals surface area contributed by atoms with E-state index in [0.717, 1.165) is 25.9 Å². The van der Waals surface area contributed by atoms with E-state index >= 15 is 0 Å². The topological polar surface area (TPSA) is 67.6 Å². The minimum atomic E-state index is -0.732. The molecule has 0 aliphatic carbocycles. The average molecular weight is 255 g/mol. The number of nitrogens with one attached hydrogen (secondary N) is 1. The van der Waals surface area contributed by atoms with Gasteiger partial charge in [-0.15, -0.1) is 0 Å². The molecule has 0 bridgehead atoms. The lowest BCUT2D eigenvalue weighted by molar-refractivity contribution is -0.132. The molecular weight excluding hydrogens is 230 g/mol. The maximum atomic E-state index is 12.4. The largest absolute Gasteiger partial charge is 0.381 e. The molecule has 1 amide bonds. The summed E-state index contributed by atoms with van der Waals surface area (Å²) in [5.74, 6) is -0.00199. The molecule has 2 aliphatic heterocycles. The molecule has 18 heavy (non-hydrogen) atoms. The molecule has 2 heterocycles. The molecule has 0 atom stereocenters. The number of nitrogens with two attached hydrogens (primary N) is 1. The molecule has 104 valence electrons. The van der Waals surface area contributed by atoms with Crippen molar-refractivity contribution in [1.82, 2.24) is 10.2 Å². The summed E-state index contributed by atoms with van der Waals surface area (Å²) in [6.45, 7) is 5.35. The van der Waals surface area contributed by atoms with Crippen LogP contribution in [0.25, 0.3) is 0 Å². The Kier molecular flexibility index (Phi) is 3.94. The molecule has 2 saturated heterocycles. The van der Waals surface area contributed by atoms with E-state index in [9.17, 15) is 4.79 Å². The summed E-state index contributed by atoms with van der Waals surface area (Å²) < 4.78 is 5.28. The zero-order valence-electron chi connectivity index (χ0n) is 11.5. The molecule has 0 aromatic carbocycles. The zero-order valence-corrected chi connectivity index (χ0v) is 11.5. The van der Waals surface area contributed by atoms with Crippen LogP contribution in [0.2, 0.25) is 0 Å². The van der Waals surface area contributed by atoms with E-state index in [1.54, 1.807) is 0 Å². The van der Waals surface area contributed by atoms with Gasteiger partial charge in [-0.2, -0.15) is 0 Å². The van der Waals surface area contributed by atoms with Crippen LogP contribution in [0.5, 0.6) is 0 Å². The molecule has 0 aromatic rings. The minimum absolute atomic E-state index is 0.00199. The van der Waals surface area contributed by atoms with Crippen molar-refractivity contribution in [2.24, 2.45) is 5.73 Å². The fourth-order valence-electron chi connectivity index (χ4n) is 2.60. The third kappa shape index (κ3) is 3.02. The number of rotatable bonds is 2. The van der Waals surface area contributed by atoms with Gasteiger partial charge in [-0.1, -0.05) is 0 Å². The van der Waals surface area contributed by atoms with E-state index in [2.05, 4.69) is 24.2 Å². The van der Waals surface area contributed by atoms with Gasteiger partial charge in [-0.25, -0.2) is 0 Å². The Labute approximate surface area is 109 Å². The van der Waals surface area contributed by atoms with Crippen molar-refractivity contribution in [2.45, 2.75) is 43.7 Å². The fourth-order valence-corrected chi connectivity index (χ4v) is 2.60. The molecule has 2 aliphatic rings. The minimum Gasteiger partial charge on any atom is -0.381 e. The number of hydrogen-bond donors (Lipinski definition) is 2. The number of ether oxygens (including phenoxy) is 1. The Morgan fingerprint density at radius 1 is 1.22 bits per heavy atom. The summed E-state index contributed by atoms with van der Waals surface area (Å²) in [5.41, 5.74) is 5.37. The summed E-state index contributed by atoms with van der Waals surface area (Å²) in [4.78, 5) is 14.7. The van der Waals surface area contributed by atoms with Gasteiger partial charge in [0.2, 0.25) is 5.91 Å². The van der Waals surface area contributed by atoms with E-state index in [1.807, 2.05) is 0 Å². The summed E-state index contributed by atoms with van der Waals surface area (Å²) in [6, 6.07) is 0. The Balaban J connectivity index is 1.93. The lowest BCUT2D eigenvalue weighted by Gasteiger charge is -2.41. The van der Waals surface area contributed by atoms with E-state index in [1.165, 1.54) is 0 Å². The van der Waals surface area contributed by atoms with Crippen LogP contribution in [0.1, 0.15) is 32.6 Å². The number of amides is 1. The van der Waals surface area contributed by atoms with Crippen molar-refractivity contribution in [2.75, 3.05) is 33.4 Å². The van der Waals surface area contributed by atoms with Crippen molar-refractivity contribution in [3.05, 3.63) is 0 Å². The van der Waals surface area contributed by atoms with Gasteiger partial charge in [-0.3, -0.25) is 4.79 Å². The predicted octanol–water partition coefficient (Wildman–Crippen LogP) is 0.0948. The molecule has 3 N–H and O–H groups in total. The number of likely N-dealkylation sites (tertiary alicyclic amines) is 1. The fraction of sp³-hybridized carbons (Fsp3) is 0.923. The number of hydrogen-bond acceptors (Lipinski definition) is 4. The van der Waals surface area contributed by atoms with Gasteiger partial charge in [-0.05, 0) is 39.7 Å². The van der Waals surface area contributed by atoms with Gasteiger partial charge in [0.05, 0.1) is 5.54 Å². The second-order valence-corrected chi connectivity index (χ2v) is 6.09. The Hall–Kier alpha value is -0.650. The van der Waals surface area contributed by atoms with Crippen LogP contribution in [-0.4, -0.2) is 55.2 Å². The van der Waals surface area contributed by atoms with Gasteiger partial charge in [0.25, 0.3) is 0 Å². The first-order valence-electron chi connectivity index (χ1n) is 6.81. The summed E-state index contributed by atoms with van der Waals surface area (Å²) in [6.07, 6.45) is 3.22. The predicted molar refractivity (Wildman–Crippen MR) is 70.3 cm³/mol. The molecule has 2 rings (SSSR count). The SMILES string of the molecule is CN1CCC(C)(NC(=O)C2(N)CCOCC2)CC1. The average Bonchev–Trinajstić information content (AvgIpc) is 2.34. The van der Waals surface area contributed by atoms with Crippen LogP contribution in [0.15, 0.2) is 0 Å². The van der Waals surface area contributed by atoms with Crippen molar-refractivity contribution < 1.29 is 9.53 Å². The molecule has 0 aromatic heterocycles. The highest BCUT2D eigenvalue weighted by Gasteiger charge is 2.40. The highest BCUT2D eigenvalue weighted by Crippen LogP contribution is 2.24. The Morgan fingerprint density at radius 3 is 2.33 bits per heavy atom. The Morgan fingerprint density at radius 2 is 1.78 bits per heavy atom. The molecule has 0 saturated carbocycles. The second kappa shape index (κ2) is 5.15. The van der Waals surface area contributed by atoms with Crippen molar-refractivity contribution >= 4 is 5.91 Å². The highest BCUT2D eigenvalue weighted by molar-refractivity contribution is 5.86. The smallest absolute Gasteiger partial charge is 0.240 e. The van der Waals surface area contributed by atoms with E-state index < -0.39 is 5.54 Å². The first kappa shape index (κ1) is 13.8. The van der Waals surface area contributed by atoms with Crippen LogP contribution in [0.4, 0.5) is 0 Å². The van der Waals surface area contributed by atoms with Crippen LogP contribution in [0.3, 0.4) is 0 Å². The monoisotopic (exact) mass is 255 g/mol. The van der Waals surface area contributed by atoms with Crippen molar-refractivity contribution in [3.8, 4) is 0 Å². The van der Waals surface area contributed by atoms with Gasteiger partial charge in [0.1, 0.15) is 0 Å². The standard InChI is InChI=1S/C13H25N3O2/c1-12(3-7-16(2)8-4-12)15-11(17)13(14)5-9-18-10-6-13/h3-10,14H2,1-2H3,(H,15,17). The van der Waals surface area contributed by atoms with Crippen LogP contribution < -0.4 is 11.1 Å². The third-order valence-corrected chi connectivity index (χ3v) is 4.34. The lowest BCUT2D eigenvalue weighted by atomic mass is 9.85. The first-order chi connectivity index (χ1) is 8.44. The second-order valence-electron chi connectivity index (χ2n) is 6.09. The lowest BCUT2D eigenvalue weighted by Crippen LogP contribution is -2.63. The highest BCUT2D eigenvalue weighted by atomic mass is 16.5. The van der Waals surface area contributed by atoms with Crippen molar-refractivity contribution in [1.29, 1.82) is 0 Å². The van der Waals surface area contributed by atoms with E-state index in [-0.39, 0.29) is 11.4 Å². The van der Waals surface area contributed by atoms with E-state index in [4.69, 9.17) is 10.5 Å². The van der Waals surface area contributed by atoms with Gasteiger partial charge >= 0.3 is 0 Å². The molecule has 2 fully saturated rings.